The van der Waals surface area contributed by atoms with Crippen LogP contribution in [0.3, 0.4) is 0 Å². The maximum Gasteiger partial charge on any atom is 0.254 e. The van der Waals surface area contributed by atoms with Gasteiger partial charge in [-0.25, -0.2) is 0 Å². The summed E-state index contributed by atoms with van der Waals surface area (Å²) in [7, 11) is 0. The zero-order valence-electron chi connectivity index (χ0n) is 10.5. The van der Waals surface area contributed by atoms with Crippen molar-refractivity contribution in [1.82, 2.24) is 4.90 Å². The van der Waals surface area contributed by atoms with Crippen molar-refractivity contribution in [3.05, 3.63) is 35.4 Å². The summed E-state index contributed by atoms with van der Waals surface area (Å²) >= 11 is 0. The van der Waals surface area contributed by atoms with Crippen molar-refractivity contribution in [2.45, 2.75) is 13.0 Å². The van der Waals surface area contributed by atoms with Gasteiger partial charge in [-0.15, -0.1) is 12.4 Å². The van der Waals surface area contributed by atoms with Gasteiger partial charge in [-0.1, -0.05) is 12.1 Å². The monoisotopic (exact) mass is 270 g/mol. The Balaban J connectivity index is 0.00000162. The Hall–Kier alpha value is -1.10. The summed E-state index contributed by atoms with van der Waals surface area (Å²) in [6.45, 7) is 4.54. The van der Waals surface area contributed by atoms with Crippen LogP contribution in [0, 0.1) is 0 Å². The predicted octanol–water partition coefficient (Wildman–Crippen LogP) is 1.60. The Morgan fingerprint density at radius 1 is 1.28 bits per heavy atom. The van der Waals surface area contributed by atoms with Gasteiger partial charge in [0.25, 0.3) is 5.91 Å². The minimum atomic E-state index is 0. The number of ether oxygens (including phenoxy) is 1. The van der Waals surface area contributed by atoms with Crippen LogP contribution in [0.1, 0.15) is 28.9 Å². The van der Waals surface area contributed by atoms with E-state index in [0.29, 0.717) is 26.3 Å². The average molecular weight is 271 g/mol. The van der Waals surface area contributed by atoms with Gasteiger partial charge in [0.15, 0.2) is 0 Å². The number of morpholine rings is 1. The number of amides is 1. The van der Waals surface area contributed by atoms with Crippen LogP contribution in [0.5, 0.6) is 0 Å². The van der Waals surface area contributed by atoms with Crippen LogP contribution in [0.2, 0.25) is 0 Å². The summed E-state index contributed by atoms with van der Waals surface area (Å²) in [5.41, 5.74) is 7.53. The van der Waals surface area contributed by atoms with E-state index in [-0.39, 0.29) is 24.4 Å². The largest absolute Gasteiger partial charge is 0.378 e. The van der Waals surface area contributed by atoms with E-state index in [1.165, 1.54) is 0 Å². The van der Waals surface area contributed by atoms with Crippen LogP contribution in [0.15, 0.2) is 24.3 Å². The second-order valence-electron chi connectivity index (χ2n) is 4.32. The number of carbonyl (C=O) groups excluding carboxylic acids is 1. The predicted molar refractivity (Wildman–Crippen MR) is 73.0 cm³/mol. The van der Waals surface area contributed by atoms with E-state index in [1.54, 1.807) is 0 Å². The van der Waals surface area contributed by atoms with Crippen LogP contribution >= 0.6 is 12.4 Å². The molecule has 100 valence electrons. The Morgan fingerprint density at radius 2 is 1.83 bits per heavy atom. The number of benzene rings is 1. The van der Waals surface area contributed by atoms with Gasteiger partial charge in [0, 0.05) is 24.7 Å². The molecule has 0 bridgehead atoms. The lowest BCUT2D eigenvalue weighted by Gasteiger charge is -2.26. The SMILES string of the molecule is C[C@H](N)c1ccc(C(=O)N2CCOCC2)cc1.Cl. The zero-order valence-corrected chi connectivity index (χ0v) is 11.3. The van der Waals surface area contributed by atoms with E-state index in [4.69, 9.17) is 10.5 Å². The molecule has 1 aliphatic heterocycles. The third-order valence-corrected chi connectivity index (χ3v) is 2.98. The molecule has 2 N–H and O–H groups in total. The first kappa shape index (κ1) is 15.0. The molecule has 4 nitrogen and oxygen atoms in total. The summed E-state index contributed by atoms with van der Waals surface area (Å²) in [5, 5.41) is 0. The lowest BCUT2D eigenvalue weighted by atomic mass is 10.1. The summed E-state index contributed by atoms with van der Waals surface area (Å²) in [4.78, 5) is 13.9. The molecule has 0 aromatic heterocycles. The lowest BCUT2D eigenvalue weighted by molar-refractivity contribution is 0.0303. The molecule has 0 radical (unpaired) electrons. The molecule has 1 heterocycles. The molecule has 0 aliphatic carbocycles. The summed E-state index contributed by atoms with van der Waals surface area (Å²) in [6, 6.07) is 7.52. The first-order valence-electron chi connectivity index (χ1n) is 5.91. The van der Waals surface area contributed by atoms with Crippen molar-refractivity contribution in [2.75, 3.05) is 26.3 Å². The number of hydrogen-bond acceptors (Lipinski definition) is 3. The number of hydrogen-bond donors (Lipinski definition) is 1. The molecule has 2 rings (SSSR count). The van der Waals surface area contributed by atoms with Crippen molar-refractivity contribution in [3.63, 3.8) is 0 Å². The number of nitrogens with two attached hydrogens (primary N) is 1. The first-order valence-corrected chi connectivity index (χ1v) is 5.91. The first-order chi connectivity index (χ1) is 8.18. The minimum absolute atomic E-state index is 0. The van der Waals surface area contributed by atoms with E-state index in [9.17, 15) is 4.79 Å². The quantitative estimate of drug-likeness (QED) is 0.888. The van der Waals surface area contributed by atoms with Crippen molar-refractivity contribution >= 4 is 18.3 Å². The molecule has 0 saturated carbocycles. The normalized spacial score (nSPS) is 16.9. The van der Waals surface area contributed by atoms with E-state index in [1.807, 2.05) is 36.1 Å². The van der Waals surface area contributed by atoms with Crippen LogP contribution in [0.25, 0.3) is 0 Å². The third kappa shape index (κ3) is 3.45. The Bertz CT molecular complexity index is 386. The topological polar surface area (TPSA) is 55.6 Å². The molecule has 18 heavy (non-hydrogen) atoms. The smallest absolute Gasteiger partial charge is 0.254 e. The second-order valence-corrected chi connectivity index (χ2v) is 4.32. The molecular formula is C13H19ClN2O2. The highest BCUT2D eigenvalue weighted by molar-refractivity contribution is 5.94. The van der Waals surface area contributed by atoms with Gasteiger partial charge in [0.1, 0.15) is 0 Å². The average Bonchev–Trinajstić information content (AvgIpc) is 2.39. The lowest BCUT2D eigenvalue weighted by Crippen LogP contribution is -2.40. The van der Waals surface area contributed by atoms with Crippen LogP contribution in [-0.4, -0.2) is 37.1 Å². The molecule has 1 aromatic carbocycles. The summed E-state index contributed by atoms with van der Waals surface area (Å²) < 4.78 is 5.23. The van der Waals surface area contributed by atoms with Crippen molar-refractivity contribution < 1.29 is 9.53 Å². The van der Waals surface area contributed by atoms with E-state index in [2.05, 4.69) is 0 Å². The fourth-order valence-electron chi connectivity index (χ4n) is 1.88. The molecular weight excluding hydrogens is 252 g/mol. The molecule has 1 saturated heterocycles. The molecule has 5 heteroatoms. The molecule has 1 aliphatic rings. The summed E-state index contributed by atoms with van der Waals surface area (Å²) in [6.07, 6.45) is 0. The Labute approximate surface area is 114 Å². The zero-order chi connectivity index (χ0) is 12.3. The molecule has 1 aromatic rings. The van der Waals surface area contributed by atoms with E-state index in [0.717, 1.165) is 11.1 Å². The number of halogens is 1. The Kier molecular flexibility index (Phi) is 5.59. The maximum absolute atomic E-state index is 12.1. The molecule has 1 amide bonds. The molecule has 1 fully saturated rings. The van der Waals surface area contributed by atoms with Crippen molar-refractivity contribution in [1.29, 1.82) is 0 Å². The van der Waals surface area contributed by atoms with Gasteiger partial charge in [-0.05, 0) is 24.6 Å². The second kappa shape index (κ2) is 6.73. The van der Waals surface area contributed by atoms with Crippen LogP contribution in [-0.2, 0) is 4.74 Å². The molecule has 1 atom stereocenters. The van der Waals surface area contributed by atoms with Crippen molar-refractivity contribution in [3.8, 4) is 0 Å². The highest BCUT2D eigenvalue weighted by Crippen LogP contribution is 2.13. The number of rotatable bonds is 2. The maximum atomic E-state index is 12.1. The van der Waals surface area contributed by atoms with Gasteiger partial charge in [-0.3, -0.25) is 4.79 Å². The summed E-state index contributed by atoms with van der Waals surface area (Å²) in [5.74, 6) is 0.0736. The third-order valence-electron chi connectivity index (χ3n) is 2.98. The fourth-order valence-corrected chi connectivity index (χ4v) is 1.88. The van der Waals surface area contributed by atoms with E-state index >= 15 is 0 Å². The molecule has 0 spiro atoms. The van der Waals surface area contributed by atoms with E-state index < -0.39 is 0 Å². The van der Waals surface area contributed by atoms with Gasteiger partial charge in [-0.2, -0.15) is 0 Å². The van der Waals surface area contributed by atoms with Crippen LogP contribution in [0.4, 0.5) is 0 Å². The van der Waals surface area contributed by atoms with Crippen molar-refractivity contribution in [2.24, 2.45) is 5.73 Å². The molecule has 0 unspecified atom stereocenters. The minimum Gasteiger partial charge on any atom is -0.378 e. The van der Waals surface area contributed by atoms with Gasteiger partial charge in [0.05, 0.1) is 13.2 Å². The Morgan fingerprint density at radius 3 is 2.33 bits per heavy atom. The highest BCUT2D eigenvalue weighted by Gasteiger charge is 2.18. The number of nitrogens with zero attached hydrogens (tertiary/aromatic N) is 1. The van der Waals surface area contributed by atoms with Gasteiger partial charge < -0.3 is 15.4 Å². The fraction of sp³-hybridized carbons (Fsp3) is 0.462. The highest BCUT2D eigenvalue weighted by atomic mass is 35.5. The standard InChI is InChI=1S/C13H18N2O2.ClH/c1-10(14)11-2-4-12(5-3-11)13(16)15-6-8-17-9-7-15;/h2-5,10H,6-9,14H2,1H3;1H/t10-;/m0./s1. The van der Waals surface area contributed by atoms with Gasteiger partial charge >= 0.3 is 0 Å². The van der Waals surface area contributed by atoms with Gasteiger partial charge in [0.2, 0.25) is 0 Å². The number of carbonyl (C=O) groups is 1. The van der Waals surface area contributed by atoms with Crippen LogP contribution < -0.4 is 5.73 Å².